The summed E-state index contributed by atoms with van der Waals surface area (Å²) in [4.78, 5) is 19.2. The molecule has 154 valence electrons. The Hall–Kier alpha value is -4.27. The number of nitrogens with zero attached hydrogens (tertiary/aromatic N) is 5. The van der Waals surface area contributed by atoms with Crippen LogP contribution in [0.2, 0.25) is 0 Å². The highest BCUT2D eigenvalue weighted by Crippen LogP contribution is 2.21. The van der Waals surface area contributed by atoms with E-state index in [4.69, 9.17) is 8.94 Å². The topological polar surface area (TPSA) is 116 Å². The van der Waals surface area contributed by atoms with Crippen molar-refractivity contribution in [3.8, 4) is 28.5 Å². The highest BCUT2D eigenvalue weighted by Gasteiger charge is 2.14. The van der Waals surface area contributed by atoms with E-state index in [2.05, 4.69) is 25.3 Å². The van der Waals surface area contributed by atoms with E-state index in [-0.39, 0.29) is 5.69 Å². The van der Waals surface area contributed by atoms with Gasteiger partial charge in [-0.2, -0.15) is 4.98 Å². The molecular weight excluding hydrogens is 396 g/mol. The molecule has 0 aliphatic carbocycles. The number of benzene rings is 2. The summed E-state index contributed by atoms with van der Waals surface area (Å²) in [5, 5.41) is 12.2. The van der Waals surface area contributed by atoms with Crippen molar-refractivity contribution in [2.75, 3.05) is 0 Å². The molecule has 1 N–H and O–H groups in total. The molecule has 9 nitrogen and oxygen atoms in total. The Kier molecular flexibility index (Phi) is 4.75. The molecule has 0 radical (unpaired) electrons. The fraction of sp³-hybridized carbons (Fsp3) is 0.136. The van der Waals surface area contributed by atoms with E-state index in [1.165, 1.54) is 0 Å². The van der Waals surface area contributed by atoms with Crippen molar-refractivity contribution in [3.63, 3.8) is 0 Å². The quantitative estimate of drug-likeness (QED) is 0.453. The van der Waals surface area contributed by atoms with Gasteiger partial charge in [0, 0.05) is 35.9 Å². The van der Waals surface area contributed by atoms with Gasteiger partial charge in [-0.3, -0.25) is 4.57 Å². The minimum absolute atomic E-state index is 0.196. The Labute approximate surface area is 176 Å². The lowest BCUT2D eigenvalue weighted by Crippen LogP contribution is -2.15. The zero-order valence-electron chi connectivity index (χ0n) is 16.6. The Morgan fingerprint density at radius 1 is 0.968 bits per heavy atom. The highest BCUT2D eigenvalue weighted by atomic mass is 16.5. The molecule has 0 aliphatic heterocycles. The lowest BCUT2D eigenvalue weighted by Gasteiger charge is -2.05. The maximum atomic E-state index is 12.0. The summed E-state index contributed by atoms with van der Waals surface area (Å²) in [6.07, 6.45) is 2.63. The average molecular weight is 414 g/mol. The molecule has 0 saturated heterocycles. The number of aromatic amines is 1. The molecule has 0 saturated carbocycles. The summed E-state index contributed by atoms with van der Waals surface area (Å²) >= 11 is 0. The fourth-order valence-electron chi connectivity index (χ4n) is 3.30. The smallest absolute Gasteiger partial charge is 0.330 e. The van der Waals surface area contributed by atoms with Crippen molar-refractivity contribution in [1.82, 2.24) is 29.9 Å². The van der Waals surface area contributed by atoms with Gasteiger partial charge in [-0.1, -0.05) is 35.5 Å². The second kappa shape index (κ2) is 7.86. The predicted octanol–water partition coefficient (Wildman–Crippen LogP) is 3.36. The van der Waals surface area contributed by atoms with Crippen molar-refractivity contribution in [2.45, 2.75) is 19.8 Å². The average Bonchev–Trinajstić information content (AvgIpc) is 3.53. The van der Waals surface area contributed by atoms with Gasteiger partial charge in [0.05, 0.1) is 5.69 Å². The first-order chi connectivity index (χ1) is 15.2. The summed E-state index contributed by atoms with van der Waals surface area (Å²) in [5.41, 5.74) is 2.97. The Morgan fingerprint density at radius 2 is 1.77 bits per heavy atom. The molecule has 0 spiro atoms. The largest absolute Gasteiger partial charge is 0.421 e. The SMILES string of the molecule is Cc1c[nH]c(=O)n1-c1cccc(-c2noc(CCc3nnc(-c4ccccc4)o3)n2)c1. The third-order valence-electron chi connectivity index (χ3n) is 4.83. The van der Waals surface area contributed by atoms with Gasteiger partial charge in [-0.15, -0.1) is 10.2 Å². The molecule has 0 amide bonds. The number of hydrogen-bond donors (Lipinski definition) is 1. The third kappa shape index (κ3) is 3.80. The molecule has 0 fully saturated rings. The van der Waals surface area contributed by atoms with E-state index in [0.717, 1.165) is 22.5 Å². The summed E-state index contributed by atoms with van der Waals surface area (Å²) in [6, 6.07) is 17.0. The monoisotopic (exact) mass is 414 g/mol. The summed E-state index contributed by atoms with van der Waals surface area (Å²) < 4.78 is 12.7. The van der Waals surface area contributed by atoms with E-state index in [1.54, 1.807) is 10.8 Å². The molecular formula is C22H18N6O3. The standard InChI is InChI=1S/C22H18N6O3/c1-14-13-23-22(29)28(14)17-9-5-8-16(12-17)20-24-18(31-27-20)10-11-19-25-26-21(30-19)15-6-3-2-4-7-15/h2-9,12-13H,10-11H2,1H3,(H,23,29). The van der Waals surface area contributed by atoms with E-state index < -0.39 is 0 Å². The number of H-pyrrole nitrogens is 1. The van der Waals surface area contributed by atoms with E-state index in [9.17, 15) is 4.79 Å². The van der Waals surface area contributed by atoms with E-state index >= 15 is 0 Å². The molecule has 9 heteroatoms. The first-order valence-corrected chi connectivity index (χ1v) is 9.75. The fourth-order valence-corrected chi connectivity index (χ4v) is 3.30. The van der Waals surface area contributed by atoms with Crippen LogP contribution in [-0.4, -0.2) is 29.9 Å². The highest BCUT2D eigenvalue weighted by molar-refractivity contribution is 5.58. The van der Waals surface area contributed by atoms with Crippen LogP contribution < -0.4 is 5.69 Å². The van der Waals surface area contributed by atoms with Crippen molar-refractivity contribution < 1.29 is 8.94 Å². The lowest BCUT2D eigenvalue weighted by atomic mass is 10.2. The second-order valence-corrected chi connectivity index (χ2v) is 7.00. The number of hydrogen-bond acceptors (Lipinski definition) is 7. The van der Waals surface area contributed by atoms with Crippen LogP contribution in [0.25, 0.3) is 28.5 Å². The molecule has 5 aromatic rings. The van der Waals surface area contributed by atoms with Gasteiger partial charge >= 0.3 is 5.69 Å². The molecule has 0 unspecified atom stereocenters. The minimum atomic E-state index is -0.196. The van der Waals surface area contributed by atoms with Gasteiger partial charge in [0.2, 0.25) is 23.5 Å². The van der Waals surface area contributed by atoms with Gasteiger partial charge in [-0.05, 0) is 31.2 Å². The van der Waals surface area contributed by atoms with Crippen LogP contribution in [0.1, 0.15) is 17.5 Å². The number of aromatic nitrogens is 6. The maximum Gasteiger partial charge on any atom is 0.330 e. The van der Waals surface area contributed by atoms with Crippen LogP contribution in [0, 0.1) is 6.92 Å². The second-order valence-electron chi connectivity index (χ2n) is 7.00. The van der Waals surface area contributed by atoms with Gasteiger partial charge < -0.3 is 13.9 Å². The number of aryl methyl sites for hydroxylation is 3. The Balaban J connectivity index is 1.31. The predicted molar refractivity (Wildman–Crippen MR) is 112 cm³/mol. The lowest BCUT2D eigenvalue weighted by molar-refractivity contribution is 0.373. The minimum Gasteiger partial charge on any atom is -0.421 e. The van der Waals surface area contributed by atoms with Crippen molar-refractivity contribution in [1.29, 1.82) is 0 Å². The van der Waals surface area contributed by atoms with E-state index in [1.807, 2.05) is 61.5 Å². The number of rotatable bonds is 6. The first kappa shape index (κ1) is 18.7. The number of nitrogens with one attached hydrogen (secondary N) is 1. The van der Waals surface area contributed by atoms with Gasteiger partial charge in [0.15, 0.2) is 0 Å². The Morgan fingerprint density at radius 3 is 2.58 bits per heavy atom. The normalized spacial score (nSPS) is 11.1. The van der Waals surface area contributed by atoms with Crippen molar-refractivity contribution in [2.24, 2.45) is 0 Å². The molecule has 0 bridgehead atoms. The zero-order chi connectivity index (χ0) is 21.2. The molecule has 31 heavy (non-hydrogen) atoms. The van der Waals surface area contributed by atoms with Crippen LogP contribution in [0.5, 0.6) is 0 Å². The molecule has 5 rings (SSSR count). The van der Waals surface area contributed by atoms with Crippen LogP contribution in [0.15, 0.2) is 74.5 Å². The molecule has 0 aliphatic rings. The summed E-state index contributed by atoms with van der Waals surface area (Å²) in [7, 11) is 0. The summed E-state index contributed by atoms with van der Waals surface area (Å²) in [6.45, 7) is 1.86. The molecule has 2 aromatic carbocycles. The van der Waals surface area contributed by atoms with Gasteiger partial charge in [0.1, 0.15) is 0 Å². The number of imidazole rings is 1. The van der Waals surface area contributed by atoms with Gasteiger partial charge in [-0.25, -0.2) is 4.79 Å². The first-order valence-electron chi connectivity index (χ1n) is 9.75. The zero-order valence-corrected chi connectivity index (χ0v) is 16.6. The van der Waals surface area contributed by atoms with Crippen LogP contribution >= 0.6 is 0 Å². The Bertz CT molecular complexity index is 1380. The van der Waals surface area contributed by atoms with Gasteiger partial charge in [0.25, 0.3) is 0 Å². The summed E-state index contributed by atoms with van der Waals surface area (Å²) in [5.74, 6) is 1.90. The molecule has 3 heterocycles. The third-order valence-corrected chi connectivity index (χ3v) is 4.83. The van der Waals surface area contributed by atoms with E-state index in [0.29, 0.717) is 36.3 Å². The van der Waals surface area contributed by atoms with Crippen LogP contribution in [-0.2, 0) is 12.8 Å². The van der Waals surface area contributed by atoms with Crippen molar-refractivity contribution >= 4 is 0 Å². The van der Waals surface area contributed by atoms with Crippen LogP contribution in [0.4, 0.5) is 0 Å². The van der Waals surface area contributed by atoms with Crippen LogP contribution in [0.3, 0.4) is 0 Å². The maximum absolute atomic E-state index is 12.0. The molecule has 3 aromatic heterocycles. The molecule has 0 atom stereocenters. The van der Waals surface area contributed by atoms with Crippen molar-refractivity contribution in [3.05, 3.63) is 88.8 Å².